The van der Waals surface area contributed by atoms with E-state index in [1.165, 1.54) is 11.3 Å². The standard InChI is InChI=1S/C17H24ClN3/c1-12(2)17-15(9-19-13(3)4)10-20-21(17)11-14-7-5-6-8-16(14)18/h5-8,10,12-13,19H,9,11H2,1-4H3. The van der Waals surface area contributed by atoms with E-state index in [0.29, 0.717) is 12.0 Å². The Morgan fingerprint density at radius 1 is 1.14 bits per heavy atom. The first-order valence-corrected chi connectivity index (χ1v) is 7.88. The molecule has 2 aromatic rings. The second kappa shape index (κ2) is 7.10. The van der Waals surface area contributed by atoms with Crippen molar-refractivity contribution in [3.63, 3.8) is 0 Å². The maximum absolute atomic E-state index is 6.26. The molecule has 1 N–H and O–H groups in total. The number of nitrogens with one attached hydrogen (secondary N) is 1. The smallest absolute Gasteiger partial charge is 0.0677 e. The third kappa shape index (κ3) is 4.08. The summed E-state index contributed by atoms with van der Waals surface area (Å²) in [5.41, 5.74) is 3.65. The number of halogens is 1. The summed E-state index contributed by atoms with van der Waals surface area (Å²) >= 11 is 6.26. The van der Waals surface area contributed by atoms with Gasteiger partial charge in [-0.15, -0.1) is 0 Å². The van der Waals surface area contributed by atoms with Gasteiger partial charge in [-0.05, 0) is 17.5 Å². The molecule has 0 amide bonds. The van der Waals surface area contributed by atoms with E-state index in [-0.39, 0.29) is 0 Å². The number of hydrogen-bond donors (Lipinski definition) is 1. The van der Waals surface area contributed by atoms with Gasteiger partial charge in [-0.25, -0.2) is 0 Å². The summed E-state index contributed by atoms with van der Waals surface area (Å²) in [6.07, 6.45) is 1.97. The largest absolute Gasteiger partial charge is 0.310 e. The Morgan fingerprint density at radius 2 is 1.86 bits per heavy atom. The van der Waals surface area contributed by atoms with Gasteiger partial charge in [0, 0.05) is 28.9 Å². The van der Waals surface area contributed by atoms with E-state index in [1.54, 1.807) is 0 Å². The van der Waals surface area contributed by atoms with E-state index in [0.717, 1.165) is 23.7 Å². The summed E-state index contributed by atoms with van der Waals surface area (Å²) in [4.78, 5) is 0. The highest BCUT2D eigenvalue weighted by molar-refractivity contribution is 6.31. The monoisotopic (exact) mass is 305 g/mol. The van der Waals surface area contributed by atoms with Crippen molar-refractivity contribution >= 4 is 11.6 Å². The minimum absolute atomic E-state index is 0.430. The molecule has 0 aliphatic carbocycles. The van der Waals surface area contributed by atoms with Crippen molar-refractivity contribution < 1.29 is 0 Å². The lowest BCUT2D eigenvalue weighted by Gasteiger charge is -2.15. The highest BCUT2D eigenvalue weighted by Gasteiger charge is 2.15. The van der Waals surface area contributed by atoms with Gasteiger partial charge in [0.15, 0.2) is 0 Å². The predicted molar refractivity (Wildman–Crippen MR) is 88.8 cm³/mol. The third-order valence-electron chi connectivity index (χ3n) is 3.49. The highest BCUT2D eigenvalue weighted by atomic mass is 35.5. The van der Waals surface area contributed by atoms with Crippen molar-refractivity contribution in [3.05, 3.63) is 52.3 Å². The van der Waals surface area contributed by atoms with E-state index < -0.39 is 0 Å². The van der Waals surface area contributed by atoms with Gasteiger partial charge in [0.25, 0.3) is 0 Å². The van der Waals surface area contributed by atoms with Crippen molar-refractivity contribution in [2.75, 3.05) is 0 Å². The molecule has 2 rings (SSSR count). The zero-order valence-electron chi connectivity index (χ0n) is 13.2. The van der Waals surface area contributed by atoms with Crippen molar-refractivity contribution in [1.82, 2.24) is 15.1 Å². The van der Waals surface area contributed by atoms with Crippen LogP contribution in [0.5, 0.6) is 0 Å². The van der Waals surface area contributed by atoms with E-state index in [2.05, 4.69) is 48.9 Å². The van der Waals surface area contributed by atoms with E-state index in [4.69, 9.17) is 11.6 Å². The number of benzene rings is 1. The van der Waals surface area contributed by atoms with E-state index in [9.17, 15) is 0 Å². The summed E-state index contributed by atoms with van der Waals surface area (Å²) in [6, 6.07) is 8.42. The fourth-order valence-corrected chi connectivity index (χ4v) is 2.66. The fourth-order valence-electron chi connectivity index (χ4n) is 2.47. The van der Waals surface area contributed by atoms with Crippen LogP contribution in [-0.4, -0.2) is 15.8 Å². The van der Waals surface area contributed by atoms with Crippen LogP contribution in [0.15, 0.2) is 30.5 Å². The van der Waals surface area contributed by atoms with Gasteiger partial charge in [-0.1, -0.05) is 57.5 Å². The lowest BCUT2D eigenvalue weighted by atomic mass is 10.1. The molecule has 0 saturated carbocycles. The molecule has 0 saturated heterocycles. The van der Waals surface area contributed by atoms with Gasteiger partial charge in [-0.2, -0.15) is 5.10 Å². The van der Waals surface area contributed by atoms with Gasteiger partial charge in [-0.3, -0.25) is 4.68 Å². The first-order chi connectivity index (χ1) is 9.99. The summed E-state index contributed by atoms with van der Waals surface area (Å²) in [6.45, 7) is 10.3. The maximum atomic E-state index is 6.26. The molecular formula is C17H24ClN3. The highest BCUT2D eigenvalue weighted by Crippen LogP contribution is 2.23. The molecule has 4 heteroatoms. The molecule has 0 unspecified atom stereocenters. The molecule has 3 nitrogen and oxygen atoms in total. The number of rotatable bonds is 6. The Hall–Kier alpha value is -1.32. The van der Waals surface area contributed by atoms with Gasteiger partial charge in [0.2, 0.25) is 0 Å². The molecule has 1 aromatic heterocycles. The molecule has 0 aliphatic rings. The maximum Gasteiger partial charge on any atom is 0.0677 e. The van der Waals surface area contributed by atoms with Crippen LogP contribution in [0.4, 0.5) is 0 Å². The SMILES string of the molecule is CC(C)NCc1cnn(Cc2ccccc2Cl)c1C(C)C. The van der Waals surface area contributed by atoms with Gasteiger partial charge in [0.1, 0.15) is 0 Å². The van der Waals surface area contributed by atoms with Crippen LogP contribution < -0.4 is 5.32 Å². The van der Waals surface area contributed by atoms with Crippen LogP contribution in [0.2, 0.25) is 5.02 Å². The Kier molecular flexibility index (Phi) is 5.43. The molecule has 0 spiro atoms. The Morgan fingerprint density at radius 3 is 2.48 bits per heavy atom. The van der Waals surface area contributed by atoms with E-state index >= 15 is 0 Å². The first kappa shape index (κ1) is 16.1. The zero-order valence-corrected chi connectivity index (χ0v) is 14.0. The quantitative estimate of drug-likeness (QED) is 0.866. The van der Waals surface area contributed by atoms with Gasteiger partial charge in [0.05, 0.1) is 12.7 Å². The molecule has 21 heavy (non-hydrogen) atoms. The molecular weight excluding hydrogens is 282 g/mol. The lowest BCUT2D eigenvalue weighted by Crippen LogP contribution is -2.22. The zero-order chi connectivity index (χ0) is 15.4. The van der Waals surface area contributed by atoms with Gasteiger partial charge < -0.3 is 5.32 Å². The topological polar surface area (TPSA) is 29.9 Å². The Balaban J connectivity index is 2.25. The van der Waals surface area contributed by atoms with Crippen molar-refractivity contribution in [2.24, 2.45) is 0 Å². The summed E-state index contributed by atoms with van der Waals surface area (Å²) in [7, 11) is 0. The minimum Gasteiger partial charge on any atom is -0.310 e. The third-order valence-corrected chi connectivity index (χ3v) is 3.85. The number of hydrogen-bond acceptors (Lipinski definition) is 2. The number of nitrogens with zero attached hydrogens (tertiary/aromatic N) is 2. The summed E-state index contributed by atoms with van der Waals surface area (Å²) in [5, 5.41) is 8.83. The van der Waals surface area contributed by atoms with Crippen LogP contribution >= 0.6 is 11.6 Å². The summed E-state index contributed by atoms with van der Waals surface area (Å²) in [5.74, 6) is 0.430. The van der Waals surface area contributed by atoms with Crippen molar-refractivity contribution in [1.29, 1.82) is 0 Å². The predicted octanol–water partition coefficient (Wildman–Crippen LogP) is 4.21. The molecule has 0 radical (unpaired) electrons. The van der Waals surface area contributed by atoms with Crippen LogP contribution in [0, 0.1) is 0 Å². The van der Waals surface area contributed by atoms with Crippen LogP contribution in [0.3, 0.4) is 0 Å². The van der Waals surface area contributed by atoms with Crippen molar-refractivity contribution in [3.8, 4) is 0 Å². The molecule has 0 atom stereocenters. The first-order valence-electron chi connectivity index (χ1n) is 7.50. The Labute approximate surface area is 132 Å². The fraction of sp³-hybridized carbons (Fsp3) is 0.471. The second-order valence-corrected chi connectivity index (χ2v) is 6.40. The molecule has 0 aliphatic heterocycles. The van der Waals surface area contributed by atoms with E-state index in [1.807, 2.05) is 24.4 Å². The van der Waals surface area contributed by atoms with Crippen molar-refractivity contribution in [2.45, 2.75) is 52.7 Å². The average molecular weight is 306 g/mol. The molecule has 114 valence electrons. The van der Waals surface area contributed by atoms with Crippen LogP contribution in [-0.2, 0) is 13.1 Å². The average Bonchev–Trinajstić information content (AvgIpc) is 2.82. The minimum atomic E-state index is 0.430. The molecule has 1 heterocycles. The van der Waals surface area contributed by atoms with Crippen LogP contribution in [0.25, 0.3) is 0 Å². The lowest BCUT2D eigenvalue weighted by molar-refractivity contribution is 0.574. The molecule has 1 aromatic carbocycles. The summed E-state index contributed by atoms with van der Waals surface area (Å²) < 4.78 is 2.07. The second-order valence-electron chi connectivity index (χ2n) is 5.99. The molecule has 0 bridgehead atoms. The normalized spacial score (nSPS) is 11.6. The number of aromatic nitrogens is 2. The van der Waals surface area contributed by atoms with Crippen LogP contribution in [0.1, 0.15) is 50.4 Å². The van der Waals surface area contributed by atoms with Gasteiger partial charge >= 0.3 is 0 Å². The Bertz CT molecular complexity index is 587. The molecule has 0 fully saturated rings.